The number of carbonyl (C=O) groups is 1. The summed E-state index contributed by atoms with van der Waals surface area (Å²) < 4.78 is 37.0. The molecule has 0 unspecified atom stereocenters. The van der Waals surface area contributed by atoms with Gasteiger partial charge in [0, 0.05) is 24.7 Å². The van der Waals surface area contributed by atoms with Gasteiger partial charge in [0.15, 0.2) is 0 Å². The van der Waals surface area contributed by atoms with Crippen LogP contribution in [0.1, 0.15) is 29.6 Å². The first-order chi connectivity index (χ1) is 13.5. The molecular weight excluding hydrogens is 386 g/mol. The smallest absolute Gasteiger partial charge is 0.322 e. The Balaban J connectivity index is 1.45. The quantitative estimate of drug-likeness (QED) is 0.685. The van der Waals surface area contributed by atoms with Gasteiger partial charge in [-0.3, -0.25) is 10.1 Å². The largest absolute Gasteiger partial charge is 0.400 e. The van der Waals surface area contributed by atoms with Gasteiger partial charge in [0.1, 0.15) is 0 Å². The molecule has 4 rings (SSSR count). The molecule has 2 aromatic heterocycles. The third-order valence-electron chi connectivity index (χ3n) is 4.36. The summed E-state index contributed by atoms with van der Waals surface area (Å²) in [6.45, 7) is 1.05. The average molecular weight is 403 g/mol. The van der Waals surface area contributed by atoms with Crippen LogP contribution in [-0.2, 0) is 10.0 Å². The Morgan fingerprint density at radius 3 is 2.46 bits per heavy atom. The number of hydrogen-bond acceptors (Lipinski definition) is 8. The number of benzene rings is 1. The predicted octanol–water partition coefficient (Wildman–Crippen LogP) is 2.15. The van der Waals surface area contributed by atoms with E-state index in [4.69, 9.17) is 8.94 Å². The van der Waals surface area contributed by atoms with Crippen LogP contribution in [0.5, 0.6) is 0 Å². The summed E-state index contributed by atoms with van der Waals surface area (Å²) in [5.41, 5.74) is 0.261. The Hall–Kier alpha value is -3.05. The van der Waals surface area contributed by atoms with Gasteiger partial charge in [0.25, 0.3) is 11.8 Å². The molecular formula is C17H17N5O5S. The molecule has 1 aliphatic heterocycles. The zero-order chi connectivity index (χ0) is 19.6. The Bertz CT molecular complexity index is 1050. The molecule has 3 heterocycles. The van der Waals surface area contributed by atoms with Gasteiger partial charge in [-0.05, 0) is 37.1 Å². The van der Waals surface area contributed by atoms with Crippen molar-refractivity contribution in [1.29, 1.82) is 0 Å². The molecule has 0 spiro atoms. The van der Waals surface area contributed by atoms with E-state index in [-0.39, 0.29) is 28.1 Å². The summed E-state index contributed by atoms with van der Waals surface area (Å²) in [6.07, 6.45) is 4.19. The molecule has 10 nitrogen and oxygen atoms in total. The molecule has 0 aliphatic carbocycles. The molecule has 1 aromatic carbocycles. The van der Waals surface area contributed by atoms with Crippen LogP contribution in [0.25, 0.3) is 11.7 Å². The summed E-state index contributed by atoms with van der Waals surface area (Å²) >= 11 is 0. The van der Waals surface area contributed by atoms with E-state index in [1.54, 1.807) is 6.07 Å². The van der Waals surface area contributed by atoms with E-state index in [1.807, 2.05) is 0 Å². The van der Waals surface area contributed by atoms with Crippen molar-refractivity contribution in [2.45, 2.75) is 24.2 Å². The summed E-state index contributed by atoms with van der Waals surface area (Å²) in [5, 5.41) is 13.5. The second kappa shape index (κ2) is 7.52. The lowest BCUT2D eigenvalue weighted by Gasteiger charge is -2.25. The number of anilines is 1. The molecule has 0 bridgehead atoms. The lowest BCUT2D eigenvalue weighted by Crippen LogP contribution is -2.35. The highest BCUT2D eigenvalue weighted by Gasteiger charge is 2.26. The fourth-order valence-electron chi connectivity index (χ4n) is 2.90. The third kappa shape index (κ3) is 3.66. The van der Waals surface area contributed by atoms with E-state index >= 15 is 0 Å². The van der Waals surface area contributed by atoms with E-state index in [0.29, 0.717) is 13.1 Å². The zero-order valence-corrected chi connectivity index (χ0v) is 15.6. The monoisotopic (exact) mass is 403 g/mol. The van der Waals surface area contributed by atoms with Gasteiger partial charge in [0.05, 0.1) is 11.1 Å². The highest BCUT2D eigenvalue weighted by molar-refractivity contribution is 7.89. The SMILES string of the molecule is O=C(Nc1nnc(-c2ccno2)o1)c1ccc(S(=O)(=O)N2CCCCC2)cc1. The molecule has 1 fully saturated rings. The van der Waals surface area contributed by atoms with E-state index in [0.717, 1.165) is 19.3 Å². The van der Waals surface area contributed by atoms with Crippen molar-refractivity contribution in [3.63, 3.8) is 0 Å². The second-order valence-corrected chi connectivity index (χ2v) is 8.17. The van der Waals surface area contributed by atoms with Crippen molar-refractivity contribution in [2.24, 2.45) is 0 Å². The highest BCUT2D eigenvalue weighted by atomic mass is 32.2. The summed E-state index contributed by atoms with van der Waals surface area (Å²) in [4.78, 5) is 12.5. The Kier molecular flexibility index (Phi) is 4.92. The van der Waals surface area contributed by atoms with Gasteiger partial charge in [-0.2, -0.15) is 4.31 Å². The predicted molar refractivity (Wildman–Crippen MR) is 96.8 cm³/mol. The summed E-state index contributed by atoms with van der Waals surface area (Å²) in [6, 6.07) is 7.17. The summed E-state index contributed by atoms with van der Waals surface area (Å²) in [7, 11) is -3.54. The van der Waals surface area contributed by atoms with Gasteiger partial charge >= 0.3 is 6.01 Å². The van der Waals surface area contributed by atoms with Crippen LogP contribution in [0.3, 0.4) is 0 Å². The maximum absolute atomic E-state index is 12.7. The minimum Gasteiger partial charge on any atom is -0.400 e. The van der Waals surface area contributed by atoms with E-state index in [1.165, 1.54) is 34.8 Å². The van der Waals surface area contributed by atoms with Gasteiger partial charge in [0.2, 0.25) is 15.8 Å². The molecule has 0 atom stereocenters. The van der Waals surface area contributed by atoms with Crippen LogP contribution in [0.4, 0.5) is 6.01 Å². The molecule has 1 aliphatic rings. The van der Waals surface area contributed by atoms with Gasteiger partial charge in [-0.15, -0.1) is 5.10 Å². The van der Waals surface area contributed by atoms with E-state index in [9.17, 15) is 13.2 Å². The molecule has 1 saturated heterocycles. The van der Waals surface area contributed by atoms with Crippen LogP contribution in [0, 0.1) is 0 Å². The van der Waals surface area contributed by atoms with Crippen LogP contribution >= 0.6 is 0 Å². The first-order valence-electron chi connectivity index (χ1n) is 8.70. The first-order valence-corrected chi connectivity index (χ1v) is 10.1. The maximum atomic E-state index is 12.7. The number of carbonyl (C=O) groups excluding carboxylic acids is 1. The Morgan fingerprint density at radius 1 is 1.04 bits per heavy atom. The number of amides is 1. The molecule has 28 heavy (non-hydrogen) atoms. The number of aromatic nitrogens is 3. The number of hydrogen-bond donors (Lipinski definition) is 1. The topological polar surface area (TPSA) is 131 Å². The van der Waals surface area contributed by atoms with Crippen molar-refractivity contribution < 1.29 is 22.2 Å². The van der Waals surface area contributed by atoms with Crippen molar-refractivity contribution >= 4 is 21.9 Å². The zero-order valence-electron chi connectivity index (χ0n) is 14.7. The fourth-order valence-corrected chi connectivity index (χ4v) is 4.42. The minimum atomic E-state index is -3.54. The van der Waals surface area contributed by atoms with Crippen molar-refractivity contribution in [2.75, 3.05) is 18.4 Å². The maximum Gasteiger partial charge on any atom is 0.322 e. The lowest BCUT2D eigenvalue weighted by atomic mass is 10.2. The molecule has 11 heteroatoms. The first kappa shape index (κ1) is 18.3. The molecule has 146 valence electrons. The number of rotatable bonds is 5. The number of piperidine rings is 1. The normalized spacial score (nSPS) is 15.4. The lowest BCUT2D eigenvalue weighted by molar-refractivity contribution is 0.102. The van der Waals surface area contributed by atoms with Gasteiger partial charge in [-0.25, -0.2) is 8.42 Å². The Labute approximate surface area is 160 Å². The molecule has 1 amide bonds. The molecule has 3 aromatic rings. The van der Waals surface area contributed by atoms with Crippen LogP contribution in [0.2, 0.25) is 0 Å². The van der Waals surface area contributed by atoms with Crippen molar-refractivity contribution in [1.82, 2.24) is 19.7 Å². The molecule has 1 N–H and O–H groups in total. The number of sulfonamides is 1. The highest BCUT2D eigenvalue weighted by Crippen LogP contribution is 2.22. The van der Waals surface area contributed by atoms with Crippen molar-refractivity contribution in [3.05, 3.63) is 42.1 Å². The molecule has 0 radical (unpaired) electrons. The van der Waals surface area contributed by atoms with E-state index < -0.39 is 15.9 Å². The van der Waals surface area contributed by atoms with Gasteiger partial charge in [-0.1, -0.05) is 16.7 Å². The fraction of sp³-hybridized carbons (Fsp3) is 0.294. The second-order valence-electron chi connectivity index (χ2n) is 6.23. The van der Waals surface area contributed by atoms with E-state index in [2.05, 4.69) is 20.7 Å². The minimum absolute atomic E-state index is 0.0794. The van der Waals surface area contributed by atoms with Crippen LogP contribution in [-0.4, -0.2) is 47.1 Å². The summed E-state index contributed by atoms with van der Waals surface area (Å²) in [5.74, 6) is -0.147. The third-order valence-corrected chi connectivity index (χ3v) is 6.28. The van der Waals surface area contributed by atoms with Gasteiger partial charge < -0.3 is 8.94 Å². The molecule has 0 saturated carbocycles. The standard InChI is InChI=1S/C17H17N5O5S/c23-15(19-17-21-20-16(26-17)14-8-9-18-27-14)12-4-6-13(7-5-12)28(24,25)22-10-2-1-3-11-22/h4-9H,1-3,10-11H2,(H,19,21,23). The number of nitrogens with one attached hydrogen (secondary N) is 1. The average Bonchev–Trinajstić information content (AvgIpc) is 3.40. The van der Waals surface area contributed by atoms with Crippen molar-refractivity contribution in [3.8, 4) is 11.7 Å². The van der Waals surface area contributed by atoms with Crippen LogP contribution in [0.15, 0.2) is 50.4 Å². The van der Waals surface area contributed by atoms with Crippen LogP contribution < -0.4 is 5.32 Å². The Morgan fingerprint density at radius 2 is 1.79 bits per heavy atom. The number of nitrogens with zero attached hydrogens (tertiary/aromatic N) is 4.